The average molecular weight is 299 g/mol. The molecule has 0 spiro atoms. The molecule has 1 N–H and O–H groups in total. The zero-order valence-electron chi connectivity index (χ0n) is 10.1. The van der Waals surface area contributed by atoms with Gasteiger partial charge in [0, 0.05) is 32.3 Å². The molecule has 0 amide bonds. The molecule has 0 radical (unpaired) electrons. The first-order valence-corrected chi connectivity index (χ1v) is 6.13. The van der Waals surface area contributed by atoms with Gasteiger partial charge in [0.1, 0.15) is 0 Å². The molecule has 2 aromatic heterocycles. The Kier molecular flexibility index (Phi) is 3.35. The van der Waals surface area contributed by atoms with Gasteiger partial charge in [-0.2, -0.15) is 10.2 Å². The van der Waals surface area contributed by atoms with E-state index in [0.29, 0.717) is 6.42 Å². The molecule has 2 rings (SSSR count). The molecule has 1 atom stereocenters. The van der Waals surface area contributed by atoms with Crippen LogP contribution in [0.5, 0.6) is 0 Å². The largest absolute Gasteiger partial charge is 0.388 e. The van der Waals surface area contributed by atoms with E-state index in [4.69, 9.17) is 0 Å². The minimum Gasteiger partial charge on any atom is -0.388 e. The second-order valence-corrected chi connectivity index (χ2v) is 4.93. The van der Waals surface area contributed by atoms with Crippen LogP contribution in [-0.4, -0.2) is 24.7 Å². The summed E-state index contributed by atoms with van der Waals surface area (Å²) in [5.74, 6) is 0. The van der Waals surface area contributed by atoms with E-state index in [1.165, 1.54) is 0 Å². The third-order valence-electron chi connectivity index (χ3n) is 2.76. The summed E-state index contributed by atoms with van der Waals surface area (Å²) in [4.78, 5) is 0. The molecule has 0 aromatic carbocycles. The molecule has 17 heavy (non-hydrogen) atoms. The van der Waals surface area contributed by atoms with Crippen LogP contribution in [-0.2, 0) is 20.5 Å². The highest BCUT2D eigenvalue weighted by atomic mass is 79.9. The molecule has 0 aliphatic rings. The number of aromatic nitrogens is 4. The van der Waals surface area contributed by atoms with Gasteiger partial charge in [-0.05, 0) is 22.9 Å². The first-order chi connectivity index (χ1) is 7.99. The van der Waals surface area contributed by atoms with Gasteiger partial charge in [-0.3, -0.25) is 9.36 Å². The average Bonchev–Trinajstić information content (AvgIpc) is 2.79. The quantitative estimate of drug-likeness (QED) is 0.934. The second kappa shape index (κ2) is 4.62. The summed E-state index contributed by atoms with van der Waals surface area (Å²) >= 11 is 3.49. The Bertz CT molecular complexity index is 532. The first-order valence-electron chi connectivity index (χ1n) is 5.33. The lowest BCUT2D eigenvalue weighted by Gasteiger charge is -2.09. The van der Waals surface area contributed by atoms with Crippen LogP contribution < -0.4 is 0 Å². The molecule has 0 aliphatic carbocycles. The monoisotopic (exact) mass is 298 g/mol. The lowest BCUT2D eigenvalue weighted by molar-refractivity contribution is 0.175. The normalized spacial score (nSPS) is 13.0. The van der Waals surface area contributed by atoms with Crippen molar-refractivity contribution in [3.8, 4) is 0 Å². The van der Waals surface area contributed by atoms with Crippen molar-refractivity contribution < 1.29 is 5.11 Å². The van der Waals surface area contributed by atoms with Gasteiger partial charge in [0.05, 0.1) is 28.2 Å². The van der Waals surface area contributed by atoms with Crippen molar-refractivity contribution in [1.82, 2.24) is 19.6 Å². The van der Waals surface area contributed by atoms with E-state index in [2.05, 4.69) is 26.1 Å². The van der Waals surface area contributed by atoms with Crippen molar-refractivity contribution in [3.63, 3.8) is 0 Å². The Morgan fingerprint density at radius 1 is 1.47 bits per heavy atom. The Balaban J connectivity index is 2.21. The Morgan fingerprint density at radius 2 is 2.18 bits per heavy atom. The summed E-state index contributed by atoms with van der Waals surface area (Å²) < 4.78 is 4.43. The lowest BCUT2D eigenvalue weighted by atomic mass is 10.1. The van der Waals surface area contributed by atoms with E-state index in [0.717, 1.165) is 21.4 Å². The van der Waals surface area contributed by atoms with Crippen LogP contribution >= 0.6 is 15.9 Å². The standard InChI is InChI=1S/C11H15BrN4O/c1-7-11(12)9(16(3)14-7)4-10(17)8-5-13-15(2)6-8/h5-6,10,17H,4H2,1-3H3. The van der Waals surface area contributed by atoms with Gasteiger partial charge >= 0.3 is 0 Å². The highest BCUT2D eigenvalue weighted by Gasteiger charge is 2.17. The highest BCUT2D eigenvalue weighted by Crippen LogP contribution is 2.25. The lowest BCUT2D eigenvalue weighted by Crippen LogP contribution is -2.06. The van der Waals surface area contributed by atoms with E-state index >= 15 is 0 Å². The molecule has 2 aromatic rings. The van der Waals surface area contributed by atoms with Crippen molar-refractivity contribution >= 4 is 15.9 Å². The van der Waals surface area contributed by atoms with Crippen molar-refractivity contribution in [3.05, 3.63) is 33.8 Å². The summed E-state index contributed by atoms with van der Waals surface area (Å²) in [6.07, 6.45) is 3.46. The van der Waals surface area contributed by atoms with E-state index in [9.17, 15) is 5.11 Å². The molecule has 0 saturated carbocycles. The van der Waals surface area contributed by atoms with Gasteiger partial charge in [0.15, 0.2) is 0 Å². The van der Waals surface area contributed by atoms with Gasteiger partial charge in [-0.15, -0.1) is 0 Å². The van der Waals surface area contributed by atoms with Crippen LogP contribution in [0.2, 0.25) is 0 Å². The second-order valence-electron chi connectivity index (χ2n) is 4.14. The molecule has 1 unspecified atom stereocenters. The van der Waals surface area contributed by atoms with Crippen molar-refractivity contribution in [2.45, 2.75) is 19.4 Å². The third kappa shape index (κ3) is 2.42. The van der Waals surface area contributed by atoms with Gasteiger partial charge in [-0.1, -0.05) is 0 Å². The number of aliphatic hydroxyl groups excluding tert-OH is 1. The molecular weight excluding hydrogens is 284 g/mol. The number of nitrogens with zero attached hydrogens (tertiary/aromatic N) is 4. The van der Waals surface area contributed by atoms with Crippen LogP contribution in [0.25, 0.3) is 0 Å². The predicted molar refractivity (Wildman–Crippen MR) is 67.5 cm³/mol. The summed E-state index contributed by atoms with van der Waals surface area (Å²) in [6, 6.07) is 0. The van der Waals surface area contributed by atoms with Crippen LogP contribution in [0.1, 0.15) is 23.1 Å². The van der Waals surface area contributed by atoms with Crippen molar-refractivity contribution in [2.75, 3.05) is 0 Å². The molecular formula is C11H15BrN4O. The zero-order chi connectivity index (χ0) is 12.6. The number of rotatable bonds is 3. The van der Waals surface area contributed by atoms with Gasteiger partial charge in [0.2, 0.25) is 0 Å². The predicted octanol–water partition coefficient (Wildman–Crippen LogP) is 1.50. The SMILES string of the molecule is Cc1nn(C)c(CC(O)c2cnn(C)c2)c1Br. The minimum atomic E-state index is -0.560. The first kappa shape index (κ1) is 12.3. The van der Waals surface area contributed by atoms with Crippen LogP contribution in [0, 0.1) is 6.92 Å². The van der Waals surface area contributed by atoms with E-state index in [1.54, 1.807) is 15.6 Å². The van der Waals surface area contributed by atoms with E-state index in [1.807, 2.05) is 27.2 Å². The summed E-state index contributed by atoms with van der Waals surface area (Å²) in [6.45, 7) is 1.93. The number of halogens is 1. The maximum atomic E-state index is 10.1. The molecule has 0 saturated heterocycles. The molecule has 6 heteroatoms. The fourth-order valence-electron chi connectivity index (χ4n) is 1.82. The molecule has 92 valence electrons. The highest BCUT2D eigenvalue weighted by molar-refractivity contribution is 9.10. The summed E-state index contributed by atoms with van der Waals surface area (Å²) in [7, 11) is 3.71. The Morgan fingerprint density at radius 3 is 2.65 bits per heavy atom. The van der Waals surface area contributed by atoms with E-state index in [-0.39, 0.29) is 0 Å². The fraction of sp³-hybridized carbons (Fsp3) is 0.455. The Hall–Kier alpha value is -1.14. The number of aliphatic hydroxyl groups is 1. The van der Waals surface area contributed by atoms with Gasteiger partial charge in [-0.25, -0.2) is 0 Å². The number of aryl methyl sites for hydroxylation is 3. The molecule has 2 heterocycles. The minimum absolute atomic E-state index is 0.517. The van der Waals surface area contributed by atoms with Crippen LogP contribution in [0.3, 0.4) is 0 Å². The molecule has 0 fully saturated rings. The maximum Gasteiger partial charge on any atom is 0.0876 e. The van der Waals surface area contributed by atoms with Crippen molar-refractivity contribution in [1.29, 1.82) is 0 Å². The number of hydrogen-bond donors (Lipinski definition) is 1. The summed E-state index contributed by atoms with van der Waals surface area (Å²) in [5, 5.41) is 18.5. The zero-order valence-corrected chi connectivity index (χ0v) is 11.6. The third-order valence-corrected chi connectivity index (χ3v) is 3.79. The topological polar surface area (TPSA) is 55.9 Å². The Labute approximate surface area is 108 Å². The molecule has 0 bridgehead atoms. The van der Waals surface area contributed by atoms with Crippen LogP contribution in [0.4, 0.5) is 0 Å². The van der Waals surface area contributed by atoms with Gasteiger partial charge < -0.3 is 5.11 Å². The summed E-state index contributed by atoms with van der Waals surface area (Å²) in [5.41, 5.74) is 2.73. The molecule has 5 nitrogen and oxygen atoms in total. The maximum absolute atomic E-state index is 10.1. The molecule has 0 aliphatic heterocycles. The van der Waals surface area contributed by atoms with E-state index < -0.39 is 6.10 Å². The smallest absolute Gasteiger partial charge is 0.0876 e. The van der Waals surface area contributed by atoms with Gasteiger partial charge in [0.25, 0.3) is 0 Å². The fourth-order valence-corrected chi connectivity index (χ4v) is 2.31. The van der Waals surface area contributed by atoms with Crippen LogP contribution in [0.15, 0.2) is 16.9 Å². The van der Waals surface area contributed by atoms with Crippen molar-refractivity contribution in [2.24, 2.45) is 14.1 Å². The number of hydrogen-bond acceptors (Lipinski definition) is 3.